The quantitative estimate of drug-likeness (QED) is 0.832. The second-order valence-electron chi connectivity index (χ2n) is 3.82. The van der Waals surface area contributed by atoms with Crippen LogP contribution in [-0.2, 0) is 4.79 Å². The first kappa shape index (κ1) is 15.4. The van der Waals surface area contributed by atoms with E-state index in [4.69, 9.17) is 0 Å². The van der Waals surface area contributed by atoms with Crippen molar-refractivity contribution >= 4 is 11.6 Å². The first-order valence-corrected chi connectivity index (χ1v) is 5.22. The molecule has 8 heteroatoms. The maximum Gasteiger partial charge on any atom is 0.401 e. The zero-order valence-electron chi connectivity index (χ0n) is 9.87. The number of hydrogen-bond donors (Lipinski definition) is 2. The molecule has 106 valence electrons. The minimum Gasteiger partial charge on any atom is -0.320 e. The van der Waals surface area contributed by atoms with Gasteiger partial charge < -0.3 is 10.6 Å². The highest BCUT2D eigenvalue weighted by Gasteiger charge is 2.26. The lowest BCUT2D eigenvalue weighted by Gasteiger charge is -2.11. The number of alkyl halides is 3. The fourth-order valence-corrected chi connectivity index (χ4v) is 1.27. The first-order chi connectivity index (χ1) is 8.70. The van der Waals surface area contributed by atoms with E-state index in [1.165, 1.54) is 13.0 Å². The molecule has 1 amide bonds. The lowest BCUT2D eigenvalue weighted by molar-refractivity contribution is -0.127. The third-order valence-electron chi connectivity index (χ3n) is 2.16. The zero-order valence-corrected chi connectivity index (χ0v) is 9.87. The summed E-state index contributed by atoms with van der Waals surface area (Å²) in [6, 6.07) is 2.14. The van der Waals surface area contributed by atoms with Crippen LogP contribution in [0.5, 0.6) is 0 Å². The summed E-state index contributed by atoms with van der Waals surface area (Å²) < 4.78 is 62.1. The van der Waals surface area contributed by atoms with E-state index >= 15 is 0 Å². The zero-order chi connectivity index (χ0) is 14.6. The average Bonchev–Trinajstić information content (AvgIpc) is 2.28. The number of benzene rings is 1. The Bertz CT molecular complexity index is 473. The van der Waals surface area contributed by atoms with Gasteiger partial charge in [0.05, 0.1) is 13.1 Å². The number of carbonyl (C=O) groups is 1. The predicted octanol–water partition coefficient (Wildman–Crippen LogP) is 2.36. The molecule has 0 aliphatic heterocycles. The van der Waals surface area contributed by atoms with E-state index < -0.39 is 42.5 Å². The van der Waals surface area contributed by atoms with Crippen LogP contribution in [0.25, 0.3) is 0 Å². The van der Waals surface area contributed by atoms with Crippen molar-refractivity contribution in [2.24, 2.45) is 0 Å². The van der Waals surface area contributed by atoms with Crippen LogP contribution in [0.15, 0.2) is 12.1 Å². The molecule has 0 aliphatic carbocycles. The van der Waals surface area contributed by atoms with Gasteiger partial charge in [-0.1, -0.05) is 6.07 Å². The maximum absolute atomic E-state index is 13.5. The summed E-state index contributed by atoms with van der Waals surface area (Å²) in [5.74, 6) is -2.91. The molecule has 3 nitrogen and oxygen atoms in total. The molecule has 0 saturated carbocycles. The van der Waals surface area contributed by atoms with Gasteiger partial charge in [0.2, 0.25) is 5.91 Å². The lowest BCUT2D eigenvalue weighted by atomic mass is 10.2. The Morgan fingerprint density at radius 1 is 1.26 bits per heavy atom. The molecule has 0 bridgehead atoms. The van der Waals surface area contributed by atoms with Crippen molar-refractivity contribution in [3.05, 3.63) is 29.3 Å². The van der Waals surface area contributed by atoms with Crippen LogP contribution in [0.4, 0.5) is 27.6 Å². The fourth-order valence-electron chi connectivity index (χ4n) is 1.27. The topological polar surface area (TPSA) is 41.1 Å². The summed E-state index contributed by atoms with van der Waals surface area (Å²) >= 11 is 0. The smallest absolute Gasteiger partial charge is 0.320 e. The van der Waals surface area contributed by atoms with Crippen LogP contribution in [0.2, 0.25) is 0 Å². The molecule has 2 N–H and O–H groups in total. The standard InChI is InChI=1S/C11H11F5N2O/c1-6-2-3-7(12)10(9(6)13)18-8(19)4-17-5-11(14,15)16/h2-3,17H,4-5H2,1H3,(H,18,19). The predicted molar refractivity (Wildman–Crippen MR) is 58.6 cm³/mol. The van der Waals surface area contributed by atoms with E-state index in [2.05, 4.69) is 0 Å². The van der Waals surface area contributed by atoms with Gasteiger partial charge in [-0.25, -0.2) is 8.78 Å². The van der Waals surface area contributed by atoms with Crippen molar-refractivity contribution in [3.8, 4) is 0 Å². The van der Waals surface area contributed by atoms with E-state index in [1.807, 2.05) is 10.6 Å². The largest absolute Gasteiger partial charge is 0.401 e. The SMILES string of the molecule is Cc1ccc(F)c(NC(=O)CNCC(F)(F)F)c1F. The Morgan fingerprint density at radius 3 is 2.47 bits per heavy atom. The van der Waals surface area contributed by atoms with E-state index in [9.17, 15) is 26.7 Å². The van der Waals surface area contributed by atoms with Crippen LogP contribution in [0, 0.1) is 18.6 Å². The highest BCUT2D eigenvalue weighted by atomic mass is 19.4. The second kappa shape index (κ2) is 5.96. The third-order valence-corrected chi connectivity index (χ3v) is 2.16. The Balaban J connectivity index is 2.61. The first-order valence-electron chi connectivity index (χ1n) is 5.22. The van der Waals surface area contributed by atoms with Gasteiger partial charge in [0, 0.05) is 0 Å². The van der Waals surface area contributed by atoms with Crippen molar-refractivity contribution in [2.75, 3.05) is 18.4 Å². The van der Waals surface area contributed by atoms with Crippen LogP contribution >= 0.6 is 0 Å². The number of rotatable bonds is 4. The fraction of sp³-hybridized carbons (Fsp3) is 0.364. The molecule has 1 aromatic carbocycles. The van der Waals surface area contributed by atoms with Crippen LogP contribution < -0.4 is 10.6 Å². The van der Waals surface area contributed by atoms with E-state index in [-0.39, 0.29) is 5.56 Å². The van der Waals surface area contributed by atoms with Gasteiger partial charge in [-0.05, 0) is 18.6 Å². The number of carbonyl (C=O) groups excluding carboxylic acids is 1. The Kier molecular flexibility index (Phi) is 4.82. The molecular formula is C11H11F5N2O. The number of nitrogens with one attached hydrogen (secondary N) is 2. The summed E-state index contributed by atoms with van der Waals surface area (Å²) in [7, 11) is 0. The van der Waals surface area contributed by atoms with Crippen molar-refractivity contribution in [3.63, 3.8) is 0 Å². The number of hydrogen-bond acceptors (Lipinski definition) is 2. The molecule has 0 aromatic heterocycles. The van der Waals surface area contributed by atoms with Gasteiger partial charge >= 0.3 is 6.18 Å². The van der Waals surface area contributed by atoms with Crippen LogP contribution in [-0.4, -0.2) is 25.2 Å². The van der Waals surface area contributed by atoms with E-state index in [0.29, 0.717) is 0 Å². The molecule has 0 unspecified atom stereocenters. The molecule has 0 fully saturated rings. The molecule has 0 heterocycles. The molecule has 0 aliphatic rings. The van der Waals surface area contributed by atoms with Crippen molar-refractivity contribution in [1.82, 2.24) is 5.32 Å². The summed E-state index contributed by atoms with van der Waals surface area (Å²) in [4.78, 5) is 11.2. The maximum atomic E-state index is 13.5. The van der Waals surface area contributed by atoms with Gasteiger partial charge in [-0.3, -0.25) is 4.79 Å². The molecule has 0 radical (unpaired) electrons. The van der Waals surface area contributed by atoms with Gasteiger partial charge in [0.15, 0.2) is 5.82 Å². The molecular weight excluding hydrogens is 271 g/mol. The second-order valence-corrected chi connectivity index (χ2v) is 3.82. The summed E-state index contributed by atoms with van der Waals surface area (Å²) in [6.07, 6.45) is -4.46. The van der Waals surface area contributed by atoms with Gasteiger partial charge in [-0.2, -0.15) is 13.2 Å². The Labute approximate surface area is 105 Å². The monoisotopic (exact) mass is 282 g/mol. The molecule has 0 saturated heterocycles. The lowest BCUT2D eigenvalue weighted by Crippen LogP contribution is -2.35. The molecule has 0 spiro atoms. The minimum absolute atomic E-state index is 0.111. The average molecular weight is 282 g/mol. The normalized spacial score (nSPS) is 11.5. The highest BCUT2D eigenvalue weighted by molar-refractivity contribution is 5.92. The number of anilines is 1. The van der Waals surface area contributed by atoms with E-state index in [1.54, 1.807) is 0 Å². The number of aryl methyl sites for hydroxylation is 1. The van der Waals surface area contributed by atoms with Gasteiger partial charge in [0.25, 0.3) is 0 Å². The highest BCUT2D eigenvalue weighted by Crippen LogP contribution is 2.21. The summed E-state index contributed by atoms with van der Waals surface area (Å²) in [5, 5.41) is 3.70. The van der Waals surface area contributed by atoms with Gasteiger partial charge in [-0.15, -0.1) is 0 Å². The minimum atomic E-state index is -4.46. The van der Waals surface area contributed by atoms with Crippen molar-refractivity contribution < 1.29 is 26.7 Å². The van der Waals surface area contributed by atoms with Crippen LogP contribution in [0.1, 0.15) is 5.56 Å². The number of amides is 1. The Morgan fingerprint density at radius 2 is 1.89 bits per heavy atom. The third kappa shape index (κ3) is 4.82. The van der Waals surface area contributed by atoms with Crippen molar-refractivity contribution in [2.45, 2.75) is 13.1 Å². The Hall–Kier alpha value is -1.70. The summed E-state index contributed by atoms with van der Waals surface area (Å²) in [6.45, 7) is -0.697. The van der Waals surface area contributed by atoms with E-state index in [0.717, 1.165) is 6.07 Å². The van der Waals surface area contributed by atoms with Crippen molar-refractivity contribution in [1.29, 1.82) is 0 Å². The summed E-state index contributed by atoms with van der Waals surface area (Å²) in [5.41, 5.74) is -0.557. The van der Waals surface area contributed by atoms with Gasteiger partial charge in [0.1, 0.15) is 11.5 Å². The molecule has 19 heavy (non-hydrogen) atoms. The number of halogens is 5. The molecule has 0 atom stereocenters. The molecule has 1 rings (SSSR count). The molecule has 1 aromatic rings. The van der Waals surface area contributed by atoms with Crippen LogP contribution in [0.3, 0.4) is 0 Å².